The van der Waals surface area contributed by atoms with Gasteiger partial charge in [0.1, 0.15) is 6.61 Å². The molecule has 0 saturated heterocycles. The van der Waals surface area contributed by atoms with Crippen LogP contribution in [0.1, 0.15) is 34.3 Å². The zero-order valence-corrected chi connectivity index (χ0v) is 22.2. The number of benzene rings is 3. The molecular formula is C32H33NO7. The van der Waals surface area contributed by atoms with Crippen LogP contribution in [0.2, 0.25) is 0 Å². The third kappa shape index (κ3) is 10.3. The number of hydrogen-bond acceptors (Lipinski definition) is 7. The molecule has 3 aromatic carbocycles. The number of ketones is 1. The summed E-state index contributed by atoms with van der Waals surface area (Å²) in [6.45, 7) is 3.46. The molecule has 40 heavy (non-hydrogen) atoms. The van der Waals surface area contributed by atoms with Crippen LogP contribution in [0.4, 0.5) is 0 Å². The lowest BCUT2D eigenvalue weighted by atomic mass is 9.99. The van der Waals surface area contributed by atoms with Crippen LogP contribution in [-0.4, -0.2) is 49.0 Å². The second-order valence-corrected chi connectivity index (χ2v) is 8.95. The molecule has 0 aliphatic heterocycles. The lowest BCUT2D eigenvalue weighted by Gasteiger charge is -2.19. The number of nitrogens with one attached hydrogen (secondary N) is 1. The first kappa shape index (κ1) is 30.0. The fourth-order valence-corrected chi connectivity index (χ4v) is 3.79. The zero-order valence-electron chi connectivity index (χ0n) is 22.2. The molecule has 0 bridgehead atoms. The number of carbonyl (C=O) groups excluding carboxylic acids is 4. The van der Waals surface area contributed by atoms with E-state index in [1.165, 1.54) is 6.08 Å². The number of hydrogen-bond donors (Lipinski definition) is 1. The highest BCUT2D eigenvalue weighted by molar-refractivity contribution is 5.98. The van der Waals surface area contributed by atoms with Crippen molar-refractivity contribution in [2.24, 2.45) is 0 Å². The van der Waals surface area contributed by atoms with Crippen molar-refractivity contribution in [1.82, 2.24) is 5.32 Å². The Morgan fingerprint density at radius 3 is 2.02 bits per heavy atom. The number of rotatable bonds is 16. The molecule has 0 aliphatic carbocycles. The maximum atomic E-state index is 13.2. The minimum absolute atomic E-state index is 0.0493. The Morgan fingerprint density at radius 2 is 1.40 bits per heavy atom. The van der Waals surface area contributed by atoms with Crippen molar-refractivity contribution in [3.8, 4) is 0 Å². The predicted octanol–water partition coefficient (Wildman–Crippen LogP) is 4.23. The van der Waals surface area contributed by atoms with E-state index in [9.17, 15) is 19.2 Å². The maximum absolute atomic E-state index is 13.2. The summed E-state index contributed by atoms with van der Waals surface area (Å²) in [5.41, 5.74) is 2.17. The Bertz CT molecular complexity index is 1250. The van der Waals surface area contributed by atoms with Crippen LogP contribution in [0.15, 0.2) is 104 Å². The van der Waals surface area contributed by atoms with Gasteiger partial charge in [0.05, 0.1) is 25.7 Å². The average molecular weight is 544 g/mol. The predicted molar refractivity (Wildman–Crippen MR) is 149 cm³/mol. The van der Waals surface area contributed by atoms with Gasteiger partial charge >= 0.3 is 11.9 Å². The van der Waals surface area contributed by atoms with E-state index >= 15 is 0 Å². The molecule has 0 aromatic heterocycles. The highest BCUT2D eigenvalue weighted by Gasteiger charge is 2.27. The van der Waals surface area contributed by atoms with Gasteiger partial charge in [-0.3, -0.25) is 14.4 Å². The Morgan fingerprint density at radius 1 is 0.800 bits per heavy atom. The molecule has 208 valence electrons. The molecule has 0 aliphatic rings. The first-order valence-electron chi connectivity index (χ1n) is 13.0. The summed E-state index contributed by atoms with van der Waals surface area (Å²) in [5.74, 6) is -2.26. The molecule has 0 radical (unpaired) electrons. The highest BCUT2D eigenvalue weighted by atomic mass is 16.6. The van der Waals surface area contributed by atoms with Gasteiger partial charge < -0.3 is 19.5 Å². The van der Waals surface area contributed by atoms with E-state index in [1.807, 2.05) is 60.7 Å². The van der Waals surface area contributed by atoms with Crippen molar-refractivity contribution >= 4 is 23.6 Å². The van der Waals surface area contributed by atoms with Gasteiger partial charge in [-0.25, -0.2) is 4.79 Å². The Kier molecular flexibility index (Phi) is 12.3. The molecule has 1 unspecified atom stereocenters. The van der Waals surface area contributed by atoms with Crippen molar-refractivity contribution in [2.45, 2.75) is 38.0 Å². The number of amides is 1. The van der Waals surface area contributed by atoms with E-state index in [1.54, 1.807) is 30.3 Å². The second kappa shape index (κ2) is 16.4. The molecule has 3 rings (SSSR count). The topological polar surface area (TPSA) is 108 Å². The van der Waals surface area contributed by atoms with Gasteiger partial charge in [0.15, 0.2) is 5.78 Å². The normalized spacial score (nSPS) is 12.0. The van der Waals surface area contributed by atoms with Crippen LogP contribution in [0, 0.1) is 0 Å². The summed E-state index contributed by atoms with van der Waals surface area (Å²) in [4.78, 5) is 51.0. The molecular weight excluding hydrogens is 510 g/mol. The summed E-state index contributed by atoms with van der Waals surface area (Å²) in [6.07, 6.45) is -0.113. The van der Waals surface area contributed by atoms with Crippen LogP contribution in [0.25, 0.3) is 0 Å². The minimum Gasteiger partial charge on any atom is -0.459 e. The SMILES string of the molecule is C=CCOC(=O)C(COCc1ccccc1)OC(=O)CCC(=O)[C@H](Cc1ccccc1)NC(=O)c1ccccc1. The van der Waals surface area contributed by atoms with Gasteiger partial charge in [-0.1, -0.05) is 91.5 Å². The molecule has 0 saturated carbocycles. The number of ether oxygens (including phenoxy) is 3. The minimum atomic E-state index is -1.30. The van der Waals surface area contributed by atoms with Crippen LogP contribution in [0.5, 0.6) is 0 Å². The van der Waals surface area contributed by atoms with Crippen molar-refractivity contribution in [3.05, 3.63) is 120 Å². The molecule has 8 nitrogen and oxygen atoms in total. The molecule has 0 spiro atoms. The van der Waals surface area contributed by atoms with Crippen LogP contribution in [0.3, 0.4) is 0 Å². The summed E-state index contributed by atoms with van der Waals surface area (Å²) >= 11 is 0. The van der Waals surface area contributed by atoms with Crippen molar-refractivity contribution < 1.29 is 33.4 Å². The second-order valence-electron chi connectivity index (χ2n) is 8.95. The number of esters is 2. The molecule has 0 fully saturated rings. The van der Waals surface area contributed by atoms with Crippen LogP contribution >= 0.6 is 0 Å². The third-order valence-corrected chi connectivity index (χ3v) is 5.85. The van der Waals surface area contributed by atoms with Crippen molar-refractivity contribution in [3.63, 3.8) is 0 Å². The number of carbonyl (C=O) groups is 4. The molecule has 2 atom stereocenters. The maximum Gasteiger partial charge on any atom is 0.350 e. The summed E-state index contributed by atoms with van der Waals surface area (Å²) in [7, 11) is 0. The Labute approximate surface area is 234 Å². The van der Waals surface area contributed by atoms with Crippen molar-refractivity contribution in [2.75, 3.05) is 13.2 Å². The summed E-state index contributed by atoms with van der Waals surface area (Å²) in [5, 5.41) is 2.79. The van der Waals surface area contributed by atoms with Gasteiger partial charge in [-0.2, -0.15) is 0 Å². The standard InChI is InChI=1S/C32H33NO7/c1-2-20-39-32(37)29(23-38-22-25-14-8-4-9-15-25)40-30(35)19-18-28(34)27(21-24-12-6-3-7-13-24)33-31(36)26-16-10-5-11-17-26/h2-17,27,29H,1,18-23H2,(H,33,36)/t27-,29?/m0/s1. The summed E-state index contributed by atoms with van der Waals surface area (Å²) in [6, 6.07) is 26.3. The van der Waals surface area contributed by atoms with Crippen LogP contribution in [-0.2, 0) is 41.6 Å². The van der Waals surface area contributed by atoms with Crippen LogP contribution < -0.4 is 5.32 Å². The highest BCUT2D eigenvalue weighted by Crippen LogP contribution is 2.11. The first-order valence-corrected chi connectivity index (χ1v) is 13.0. The fourth-order valence-electron chi connectivity index (χ4n) is 3.79. The van der Waals surface area contributed by atoms with Crippen molar-refractivity contribution in [1.29, 1.82) is 0 Å². The lowest BCUT2D eigenvalue weighted by molar-refractivity contribution is -0.171. The van der Waals surface area contributed by atoms with E-state index in [2.05, 4.69) is 11.9 Å². The Hall–Kier alpha value is -4.56. The lowest BCUT2D eigenvalue weighted by Crippen LogP contribution is -2.42. The van der Waals surface area contributed by atoms with Gasteiger partial charge in [-0.15, -0.1) is 0 Å². The fraction of sp³-hybridized carbons (Fsp3) is 0.250. The van der Waals surface area contributed by atoms with E-state index in [0.717, 1.165) is 11.1 Å². The van der Waals surface area contributed by atoms with E-state index in [4.69, 9.17) is 14.2 Å². The van der Waals surface area contributed by atoms with Gasteiger partial charge in [0.25, 0.3) is 5.91 Å². The zero-order chi connectivity index (χ0) is 28.6. The Balaban J connectivity index is 1.59. The summed E-state index contributed by atoms with van der Waals surface area (Å²) < 4.78 is 16.0. The molecule has 1 N–H and O–H groups in total. The third-order valence-electron chi connectivity index (χ3n) is 5.85. The molecule has 0 heterocycles. The molecule has 1 amide bonds. The average Bonchev–Trinajstić information content (AvgIpc) is 2.99. The van der Waals surface area contributed by atoms with Gasteiger partial charge in [0.2, 0.25) is 6.10 Å². The molecule has 3 aromatic rings. The largest absolute Gasteiger partial charge is 0.459 e. The van der Waals surface area contributed by atoms with E-state index < -0.39 is 30.0 Å². The van der Waals surface area contributed by atoms with E-state index in [0.29, 0.717) is 5.56 Å². The number of Topliss-reactive ketones (excluding diaryl/α,β-unsaturated/α-hetero) is 1. The van der Waals surface area contributed by atoms with Gasteiger partial charge in [0, 0.05) is 12.0 Å². The first-order chi connectivity index (χ1) is 19.5. The smallest absolute Gasteiger partial charge is 0.350 e. The quantitative estimate of drug-likeness (QED) is 0.213. The molecule has 8 heteroatoms. The monoisotopic (exact) mass is 543 g/mol. The van der Waals surface area contributed by atoms with E-state index in [-0.39, 0.29) is 44.9 Å². The van der Waals surface area contributed by atoms with Gasteiger partial charge in [-0.05, 0) is 29.7 Å².